The minimum absolute atomic E-state index is 0. The van der Waals surface area contributed by atoms with E-state index in [1.54, 1.807) is 14.0 Å². The minimum atomic E-state index is -1.09. The van der Waals surface area contributed by atoms with Gasteiger partial charge in [0.1, 0.15) is 11.3 Å². The Morgan fingerprint density at radius 3 is 2.42 bits per heavy atom. The van der Waals surface area contributed by atoms with Crippen LogP contribution in [0.25, 0.3) is 0 Å². The average molecular weight is 349 g/mol. The summed E-state index contributed by atoms with van der Waals surface area (Å²) in [5.74, 6) is 0.529. The van der Waals surface area contributed by atoms with Crippen LogP contribution in [-0.4, -0.2) is 13.0 Å². The second kappa shape index (κ2) is 8.18. The summed E-state index contributed by atoms with van der Waals surface area (Å²) in [5, 5.41) is 2.99. The molecule has 0 saturated carbocycles. The quantitative estimate of drug-likeness (QED) is 0.869. The second-order valence-corrected chi connectivity index (χ2v) is 6.01. The van der Waals surface area contributed by atoms with Crippen LogP contribution in [0.1, 0.15) is 36.6 Å². The van der Waals surface area contributed by atoms with Gasteiger partial charge in [0.15, 0.2) is 0 Å². The van der Waals surface area contributed by atoms with Crippen LogP contribution in [0.15, 0.2) is 48.5 Å². The number of benzene rings is 2. The first-order chi connectivity index (χ1) is 10.9. The molecule has 0 spiro atoms. The highest BCUT2D eigenvalue weighted by Crippen LogP contribution is 2.27. The predicted octanol–water partition coefficient (Wildman–Crippen LogP) is 3.48. The Hall–Kier alpha value is -2.04. The summed E-state index contributed by atoms with van der Waals surface area (Å²) in [4.78, 5) is 12.7. The zero-order valence-electron chi connectivity index (χ0n) is 14.5. The molecule has 1 amide bonds. The third-order valence-corrected chi connectivity index (χ3v) is 4.04. The van der Waals surface area contributed by atoms with E-state index in [1.807, 2.05) is 62.4 Å². The first-order valence-electron chi connectivity index (χ1n) is 7.66. The lowest BCUT2D eigenvalue weighted by Crippen LogP contribution is -2.49. The highest BCUT2D eigenvalue weighted by Gasteiger charge is 2.31. The summed E-state index contributed by atoms with van der Waals surface area (Å²) < 4.78 is 5.39. The number of methoxy groups -OCH3 is 1. The lowest BCUT2D eigenvalue weighted by molar-refractivity contribution is -0.126. The zero-order chi connectivity index (χ0) is 17.0. The van der Waals surface area contributed by atoms with E-state index in [4.69, 9.17) is 10.5 Å². The van der Waals surface area contributed by atoms with Crippen molar-refractivity contribution in [2.24, 2.45) is 5.73 Å². The number of carbonyl (C=O) groups excluding carboxylic acids is 1. The molecule has 0 fully saturated rings. The maximum atomic E-state index is 12.7. The first-order valence-corrected chi connectivity index (χ1v) is 7.66. The minimum Gasteiger partial charge on any atom is -0.496 e. The molecule has 0 aliphatic heterocycles. The van der Waals surface area contributed by atoms with Crippen molar-refractivity contribution in [3.05, 3.63) is 65.2 Å². The van der Waals surface area contributed by atoms with Crippen LogP contribution in [0.3, 0.4) is 0 Å². The molecule has 0 aliphatic rings. The van der Waals surface area contributed by atoms with Gasteiger partial charge in [0, 0.05) is 5.56 Å². The molecule has 24 heavy (non-hydrogen) atoms. The van der Waals surface area contributed by atoms with E-state index in [0.717, 1.165) is 22.4 Å². The standard InChI is InChI=1S/C19H24N2O2.ClH/c1-13-10-11-17(23-4)16(12-13)14(2)21-18(22)19(3,20)15-8-6-5-7-9-15;/h5-12,14H,20H2,1-4H3,(H,21,22);1H. The Kier molecular flexibility index (Phi) is 6.81. The van der Waals surface area contributed by atoms with Gasteiger partial charge in [-0.25, -0.2) is 0 Å². The van der Waals surface area contributed by atoms with Gasteiger partial charge in [0.25, 0.3) is 0 Å². The summed E-state index contributed by atoms with van der Waals surface area (Å²) in [6, 6.07) is 15.1. The molecule has 5 heteroatoms. The number of rotatable bonds is 5. The molecule has 0 bridgehead atoms. The summed E-state index contributed by atoms with van der Waals surface area (Å²) in [5.41, 5.74) is 8.00. The fourth-order valence-electron chi connectivity index (χ4n) is 2.53. The molecule has 0 heterocycles. The summed E-state index contributed by atoms with van der Waals surface area (Å²) >= 11 is 0. The SMILES string of the molecule is COc1ccc(C)cc1C(C)NC(=O)C(C)(N)c1ccccc1.Cl. The van der Waals surface area contributed by atoms with Crippen LogP contribution in [-0.2, 0) is 10.3 Å². The Morgan fingerprint density at radius 1 is 1.21 bits per heavy atom. The van der Waals surface area contributed by atoms with Gasteiger partial charge >= 0.3 is 0 Å². The van der Waals surface area contributed by atoms with Gasteiger partial charge in [-0.1, -0.05) is 48.0 Å². The third kappa shape index (κ3) is 4.28. The Labute approximate surface area is 149 Å². The molecule has 0 aliphatic carbocycles. The molecular weight excluding hydrogens is 324 g/mol. The van der Waals surface area contributed by atoms with Crippen LogP contribution in [0.4, 0.5) is 0 Å². The Morgan fingerprint density at radius 2 is 1.83 bits per heavy atom. The molecule has 3 N–H and O–H groups in total. The van der Waals surface area contributed by atoms with Gasteiger partial charge in [0.2, 0.25) is 5.91 Å². The van der Waals surface area contributed by atoms with Gasteiger partial charge in [-0.3, -0.25) is 4.79 Å². The smallest absolute Gasteiger partial charge is 0.244 e. The number of hydrogen-bond donors (Lipinski definition) is 2. The van der Waals surface area contributed by atoms with Crippen molar-refractivity contribution in [2.45, 2.75) is 32.4 Å². The molecule has 2 aromatic carbocycles. The van der Waals surface area contributed by atoms with Crippen LogP contribution < -0.4 is 15.8 Å². The largest absolute Gasteiger partial charge is 0.496 e. The van der Waals surface area contributed by atoms with E-state index in [1.165, 1.54) is 0 Å². The number of aryl methyl sites for hydroxylation is 1. The van der Waals surface area contributed by atoms with Crippen LogP contribution in [0, 0.1) is 6.92 Å². The topological polar surface area (TPSA) is 64.3 Å². The van der Waals surface area contributed by atoms with Gasteiger partial charge in [-0.2, -0.15) is 0 Å². The number of nitrogens with one attached hydrogen (secondary N) is 1. The van der Waals surface area contributed by atoms with Gasteiger partial charge < -0.3 is 15.8 Å². The highest BCUT2D eigenvalue weighted by atomic mass is 35.5. The molecule has 2 aromatic rings. The molecular formula is C19H25ClN2O2. The fourth-order valence-corrected chi connectivity index (χ4v) is 2.53. The molecule has 0 aromatic heterocycles. The summed E-state index contributed by atoms with van der Waals surface area (Å²) in [7, 11) is 1.62. The van der Waals surface area contributed by atoms with Crippen molar-refractivity contribution in [3.63, 3.8) is 0 Å². The number of carbonyl (C=O) groups is 1. The van der Waals surface area contributed by atoms with Crippen LogP contribution >= 0.6 is 12.4 Å². The molecule has 0 radical (unpaired) electrons. The summed E-state index contributed by atoms with van der Waals surface area (Å²) in [6.07, 6.45) is 0. The van der Waals surface area contributed by atoms with Crippen molar-refractivity contribution < 1.29 is 9.53 Å². The molecule has 2 atom stereocenters. The second-order valence-electron chi connectivity index (χ2n) is 6.01. The molecule has 2 unspecified atom stereocenters. The Balaban J connectivity index is 0.00000288. The van der Waals surface area contributed by atoms with E-state index in [-0.39, 0.29) is 24.4 Å². The van der Waals surface area contributed by atoms with Crippen LogP contribution in [0.2, 0.25) is 0 Å². The number of halogens is 1. The normalized spacial score (nSPS) is 14.0. The lowest BCUT2D eigenvalue weighted by atomic mass is 9.91. The van der Waals surface area contributed by atoms with E-state index in [9.17, 15) is 4.79 Å². The fraction of sp³-hybridized carbons (Fsp3) is 0.316. The molecule has 130 valence electrons. The predicted molar refractivity (Wildman–Crippen MR) is 99.5 cm³/mol. The molecule has 2 rings (SSSR count). The zero-order valence-corrected chi connectivity index (χ0v) is 15.3. The van der Waals surface area contributed by atoms with Crippen molar-refractivity contribution in [1.82, 2.24) is 5.32 Å². The number of ether oxygens (including phenoxy) is 1. The third-order valence-electron chi connectivity index (χ3n) is 4.04. The number of hydrogen-bond acceptors (Lipinski definition) is 3. The number of nitrogens with two attached hydrogens (primary N) is 1. The van der Waals surface area contributed by atoms with E-state index in [2.05, 4.69) is 5.32 Å². The van der Waals surface area contributed by atoms with E-state index in [0.29, 0.717) is 0 Å². The maximum Gasteiger partial charge on any atom is 0.244 e. The van der Waals surface area contributed by atoms with Crippen molar-refractivity contribution in [1.29, 1.82) is 0 Å². The maximum absolute atomic E-state index is 12.7. The van der Waals surface area contributed by atoms with Gasteiger partial charge in [-0.05, 0) is 32.4 Å². The van der Waals surface area contributed by atoms with Gasteiger partial charge in [-0.15, -0.1) is 12.4 Å². The van der Waals surface area contributed by atoms with Crippen molar-refractivity contribution in [2.75, 3.05) is 7.11 Å². The van der Waals surface area contributed by atoms with E-state index >= 15 is 0 Å². The average Bonchev–Trinajstić information content (AvgIpc) is 2.55. The highest BCUT2D eigenvalue weighted by molar-refractivity contribution is 5.87. The number of amides is 1. The van der Waals surface area contributed by atoms with Crippen molar-refractivity contribution in [3.8, 4) is 5.75 Å². The Bertz CT molecular complexity index is 687. The molecule has 0 saturated heterocycles. The van der Waals surface area contributed by atoms with Crippen molar-refractivity contribution >= 4 is 18.3 Å². The van der Waals surface area contributed by atoms with Gasteiger partial charge in [0.05, 0.1) is 13.2 Å². The molecule has 4 nitrogen and oxygen atoms in total. The summed E-state index contributed by atoms with van der Waals surface area (Å²) in [6.45, 7) is 5.66. The van der Waals surface area contributed by atoms with Crippen LogP contribution in [0.5, 0.6) is 5.75 Å². The first kappa shape index (κ1) is 20.0. The monoisotopic (exact) mass is 348 g/mol. The van der Waals surface area contributed by atoms with E-state index < -0.39 is 5.54 Å². The lowest BCUT2D eigenvalue weighted by Gasteiger charge is -2.27.